The van der Waals surface area contributed by atoms with E-state index in [1.807, 2.05) is 0 Å². The van der Waals surface area contributed by atoms with E-state index in [9.17, 15) is 4.79 Å². The van der Waals surface area contributed by atoms with E-state index in [-0.39, 0.29) is 5.41 Å². The summed E-state index contributed by atoms with van der Waals surface area (Å²) in [7, 11) is 0. The Hall–Kier alpha value is -0.570. The Kier molecular flexibility index (Phi) is 2.46. The fourth-order valence-corrected chi connectivity index (χ4v) is 3.77. The van der Waals surface area contributed by atoms with Gasteiger partial charge in [-0.05, 0) is 24.7 Å². The molecule has 90 valence electrons. The predicted molar refractivity (Wildman–Crippen MR) is 63.0 cm³/mol. The molecule has 2 aliphatic heterocycles. The van der Waals surface area contributed by atoms with Gasteiger partial charge in [0.15, 0.2) is 0 Å². The summed E-state index contributed by atoms with van der Waals surface area (Å²) >= 11 is 0. The Balaban J connectivity index is 1.68. The molecule has 0 spiro atoms. The van der Waals surface area contributed by atoms with Crippen LogP contribution in [-0.2, 0) is 4.79 Å². The van der Waals surface area contributed by atoms with Gasteiger partial charge in [0.25, 0.3) is 0 Å². The molecule has 0 radical (unpaired) electrons. The van der Waals surface area contributed by atoms with Gasteiger partial charge >= 0.3 is 0 Å². The summed E-state index contributed by atoms with van der Waals surface area (Å²) in [5, 5.41) is 3.42. The van der Waals surface area contributed by atoms with Crippen molar-refractivity contribution in [2.24, 2.45) is 17.3 Å². The highest BCUT2D eigenvalue weighted by atomic mass is 16.2. The van der Waals surface area contributed by atoms with E-state index in [0.29, 0.717) is 5.91 Å². The molecule has 0 bridgehead atoms. The molecule has 1 amide bonds. The maximum Gasteiger partial charge on any atom is 0.228 e. The second-order valence-corrected chi connectivity index (χ2v) is 6.16. The van der Waals surface area contributed by atoms with Crippen molar-refractivity contribution in [1.29, 1.82) is 0 Å². The molecule has 0 aromatic heterocycles. The van der Waals surface area contributed by atoms with Crippen molar-refractivity contribution in [1.82, 2.24) is 10.2 Å². The molecule has 1 N–H and O–H groups in total. The summed E-state index contributed by atoms with van der Waals surface area (Å²) in [4.78, 5) is 14.7. The normalized spacial score (nSPS) is 36.7. The Morgan fingerprint density at radius 1 is 1.19 bits per heavy atom. The van der Waals surface area contributed by atoms with Crippen LogP contribution in [0.2, 0.25) is 0 Å². The van der Waals surface area contributed by atoms with E-state index in [1.54, 1.807) is 0 Å². The molecule has 0 aromatic rings. The maximum absolute atomic E-state index is 12.5. The summed E-state index contributed by atoms with van der Waals surface area (Å²) < 4.78 is 0. The highest BCUT2D eigenvalue weighted by Gasteiger charge is 2.44. The lowest BCUT2D eigenvalue weighted by atomic mass is 9.87. The molecule has 3 rings (SSSR count). The van der Waals surface area contributed by atoms with Crippen LogP contribution in [0.3, 0.4) is 0 Å². The van der Waals surface area contributed by atoms with Crippen LogP contribution in [0.25, 0.3) is 0 Å². The van der Waals surface area contributed by atoms with Gasteiger partial charge in [-0.2, -0.15) is 0 Å². The average molecular weight is 222 g/mol. The van der Waals surface area contributed by atoms with Gasteiger partial charge in [-0.15, -0.1) is 0 Å². The maximum atomic E-state index is 12.5. The van der Waals surface area contributed by atoms with Gasteiger partial charge < -0.3 is 10.2 Å². The van der Waals surface area contributed by atoms with Crippen molar-refractivity contribution in [3.05, 3.63) is 0 Å². The number of nitrogens with one attached hydrogen (secondary N) is 1. The monoisotopic (exact) mass is 222 g/mol. The molecule has 2 heterocycles. The third-order valence-corrected chi connectivity index (χ3v) is 4.90. The van der Waals surface area contributed by atoms with Crippen LogP contribution in [0.5, 0.6) is 0 Å². The minimum atomic E-state index is -0.0218. The zero-order valence-electron chi connectivity index (χ0n) is 10.2. The van der Waals surface area contributed by atoms with Crippen molar-refractivity contribution in [3.8, 4) is 0 Å². The Morgan fingerprint density at radius 3 is 2.31 bits per heavy atom. The fraction of sp³-hybridized carbons (Fsp3) is 0.923. The summed E-state index contributed by atoms with van der Waals surface area (Å²) in [6.45, 7) is 6.42. The molecular formula is C13H22N2O. The smallest absolute Gasteiger partial charge is 0.228 e. The summed E-state index contributed by atoms with van der Waals surface area (Å²) in [5.74, 6) is 1.90. The lowest BCUT2D eigenvalue weighted by Crippen LogP contribution is -2.41. The standard InChI is InChI=1S/C13H22N2O/c1-13(4-2-3-5-13)12(16)15-8-10-6-14-7-11(10)9-15/h10-11,14H,2-9H2,1H3. The highest BCUT2D eigenvalue weighted by molar-refractivity contribution is 5.83. The minimum absolute atomic E-state index is 0.0218. The van der Waals surface area contributed by atoms with E-state index < -0.39 is 0 Å². The van der Waals surface area contributed by atoms with E-state index in [2.05, 4.69) is 17.1 Å². The first kappa shape index (κ1) is 10.6. The lowest BCUT2D eigenvalue weighted by molar-refractivity contribution is -0.140. The van der Waals surface area contributed by atoms with Gasteiger partial charge in [-0.1, -0.05) is 19.8 Å². The van der Waals surface area contributed by atoms with Crippen molar-refractivity contribution in [2.45, 2.75) is 32.6 Å². The van der Waals surface area contributed by atoms with Crippen LogP contribution in [0.15, 0.2) is 0 Å². The van der Waals surface area contributed by atoms with Crippen LogP contribution in [0, 0.1) is 17.3 Å². The number of nitrogens with zero attached hydrogens (tertiary/aromatic N) is 1. The predicted octanol–water partition coefficient (Wildman–Crippen LogP) is 1.24. The number of amides is 1. The van der Waals surface area contributed by atoms with Crippen LogP contribution in [-0.4, -0.2) is 37.0 Å². The number of hydrogen-bond acceptors (Lipinski definition) is 2. The molecule has 3 heteroatoms. The third-order valence-electron chi connectivity index (χ3n) is 4.90. The summed E-state index contributed by atoms with van der Waals surface area (Å²) in [6.07, 6.45) is 4.70. The second-order valence-electron chi connectivity index (χ2n) is 6.16. The average Bonchev–Trinajstić information content (AvgIpc) is 2.90. The van der Waals surface area contributed by atoms with Crippen LogP contribution in [0.1, 0.15) is 32.6 Å². The van der Waals surface area contributed by atoms with Gasteiger partial charge in [0.1, 0.15) is 0 Å². The molecule has 2 unspecified atom stereocenters. The third kappa shape index (κ3) is 1.56. The first-order valence-electron chi connectivity index (χ1n) is 6.69. The molecule has 2 saturated heterocycles. The molecule has 0 aromatic carbocycles. The molecule has 1 saturated carbocycles. The van der Waals surface area contributed by atoms with Crippen LogP contribution < -0.4 is 5.32 Å². The van der Waals surface area contributed by atoms with Gasteiger partial charge in [0, 0.05) is 31.6 Å². The van der Waals surface area contributed by atoms with E-state index in [0.717, 1.165) is 50.9 Å². The first-order chi connectivity index (χ1) is 7.69. The molecule has 3 aliphatic rings. The van der Waals surface area contributed by atoms with Crippen LogP contribution in [0.4, 0.5) is 0 Å². The summed E-state index contributed by atoms with van der Waals surface area (Å²) in [6, 6.07) is 0. The van der Waals surface area contributed by atoms with Gasteiger partial charge in [0.05, 0.1) is 0 Å². The summed E-state index contributed by atoms with van der Waals surface area (Å²) in [5.41, 5.74) is -0.0218. The van der Waals surface area contributed by atoms with E-state index in [1.165, 1.54) is 12.8 Å². The number of hydrogen-bond donors (Lipinski definition) is 1. The largest absolute Gasteiger partial charge is 0.342 e. The number of carbonyl (C=O) groups is 1. The minimum Gasteiger partial charge on any atom is -0.342 e. The molecule has 2 atom stereocenters. The van der Waals surface area contributed by atoms with Crippen molar-refractivity contribution < 1.29 is 4.79 Å². The zero-order chi connectivity index (χ0) is 11.2. The van der Waals surface area contributed by atoms with Crippen molar-refractivity contribution >= 4 is 5.91 Å². The van der Waals surface area contributed by atoms with E-state index >= 15 is 0 Å². The van der Waals surface area contributed by atoms with Crippen molar-refractivity contribution in [2.75, 3.05) is 26.2 Å². The Labute approximate surface area is 97.6 Å². The van der Waals surface area contributed by atoms with Gasteiger partial charge in [-0.3, -0.25) is 4.79 Å². The number of fused-ring (bicyclic) bond motifs is 1. The molecular weight excluding hydrogens is 200 g/mol. The number of rotatable bonds is 1. The van der Waals surface area contributed by atoms with Crippen LogP contribution >= 0.6 is 0 Å². The number of likely N-dealkylation sites (tertiary alicyclic amines) is 1. The van der Waals surface area contributed by atoms with E-state index in [4.69, 9.17) is 0 Å². The Morgan fingerprint density at radius 2 is 1.75 bits per heavy atom. The number of carbonyl (C=O) groups excluding carboxylic acids is 1. The van der Waals surface area contributed by atoms with Gasteiger partial charge in [0.2, 0.25) is 5.91 Å². The quantitative estimate of drug-likeness (QED) is 0.724. The molecule has 16 heavy (non-hydrogen) atoms. The molecule has 1 aliphatic carbocycles. The highest BCUT2D eigenvalue weighted by Crippen LogP contribution is 2.40. The molecule has 3 fully saturated rings. The fourth-order valence-electron chi connectivity index (χ4n) is 3.77. The Bertz CT molecular complexity index is 284. The SMILES string of the molecule is CC1(C(=O)N2CC3CNCC3C2)CCCC1. The zero-order valence-corrected chi connectivity index (χ0v) is 10.2. The molecule has 3 nitrogen and oxygen atoms in total. The first-order valence-corrected chi connectivity index (χ1v) is 6.69. The van der Waals surface area contributed by atoms with Crippen molar-refractivity contribution in [3.63, 3.8) is 0 Å². The second kappa shape index (κ2) is 3.73. The lowest BCUT2D eigenvalue weighted by Gasteiger charge is -2.29. The van der Waals surface area contributed by atoms with Gasteiger partial charge in [-0.25, -0.2) is 0 Å². The topological polar surface area (TPSA) is 32.3 Å².